The van der Waals surface area contributed by atoms with Gasteiger partial charge in [-0.25, -0.2) is 19.2 Å². The van der Waals surface area contributed by atoms with Gasteiger partial charge in [0.25, 0.3) is 0 Å². The van der Waals surface area contributed by atoms with Crippen LogP contribution < -0.4 is 10.1 Å². The fourth-order valence-corrected chi connectivity index (χ4v) is 4.17. The van der Waals surface area contributed by atoms with Crippen LogP contribution in [0, 0.1) is 5.82 Å². The first-order valence-electron chi connectivity index (χ1n) is 8.88. The van der Waals surface area contributed by atoms with Gasteiger partial charge in [-0.05, 0) is 12.1 Å². The van der Waals surface area contributed by atoms with E-state index in [4.69, 9.17) is 25.8 Å². The van der Waals surface area contributed by atoms with Gasteiger partial charge in [0.2, 0.25) is 0 Å². The van der Waals surface area contributed by atoms with E-state index in [1.807, 2.05) is 0 Å². The molecule has 1 saturated heterocycles. The van der Waals surface area contributed by atoms with E-state index in [9.17, 15) is 9.18 Å². The molecule has 1 aliphatic heterocycles. The molecular weight excluding hydrogens is 421 g/mol. The summed E-state index contributed by atoms with van der Waals surface area (Å²) in [4.78, 5) is 21.3. The third kappa shape index (κ3) is 4.26. The number of rotatable bonds is 5. The summed E-state index contributed by atoms with van der Waals surface area (Å²) >= 11 is 7.50. The first kappa shape index (κ1) is 19.8. The molecule has 0 radical (unpaired) electrons. The number of ether oxygens (including phenoxy) is 3. The molecule has 0 bridgehead atoms. The first-order valence-corrected chi connectivity index (χ1v) is 10.1. The lowest BCUT2D eigenvalue weighted by Crippen LogP contribution is -2.26. The van der Waals surface area contributed by atoms with Crippen LogP contribution in [0.2, 0.25) is 5.02 Å². The van der Waals surface area contributed by atoms with Gasteiger partial charge >= 0.3 is 5.97 Å². The highest BCUT2D eigenvalue weighted by Gasteiger charge is 2.21. The van der Waals surface area contributed by atoms with Gasteiger partial charge < -0.3 is 19.5 Å². The summed E-state index contributed by atoms with van der Waals surface area (Å²) in [6.45, 7) is 1.18. The number of benzene rings is 1. The second-order valence-corrected chi connectivity index (χ2v) is 7.80. The fourth-order valence-electron chi connectivity index (χ4n) is 3.01. The molecule has 4 rings (SSSR count). The van der Waals surface area contributed by atoms with Crippen molar-refractivity contribution in [3.63, 3.8) is 0 Å². The molecule has 3 aromatic rings. The van der Waals surface area contributed by atoms with Crippen molar-refractivity contribution in [3.05, 3.63) is 40.2 Å². The van der Waals surface area contributed by atoms with Crippen molar-refractivity contribution in [2.75, 3.05) is 25.6 Å². The highest BCUT2D eigenvalue weighted by molar-refractivity contribution is 7.20. The molecule has 0 amide bonds. The molecule has 0 aliphatic carbocycles. The number of anilines is 2. The quantitative estimate of drug-likeness (QED) is 0.585. The number of aromatic nitrogens is 2. The summed E-state index contributed by atoms with van der Waals surface area (Å²) in [5.41, 5.74) is 0.394. The fraction of sp³-hybridized carbons (Fsp3) is 0.316. The van der Waals surface area contributed by atoms with Gasteiger partial charge in [0.15, 0.2) is 0 Å². The van der Waals surface area contributed by atoms with Gasteiger partial charge in [-0.1, -0.05) is 11.6 Å². The number of thiophene rings is 1. The number of carbonyl (C=O) groups is 1. The predicted molar refractivity (Wildman–Crippen MR) is 108 cm³/mol. The van der Waals surface area contributed by atoms with Gasteiger partial charge in [-0.3, -0.25) is 0 Å². The van der Waals surface area contributed by atoms with Crippen LogP contribution in [0.5, 0.6) is 5.75 Å². The molecule has 0 saturated carbocycles. The number of halogens is 2. The summed E-state index contributed by atoms with van der Waals surface area (Å²) < 4.78 is 30.1. The van der Waals surface area contributed by atoms with Crippen molar-refractivity contribution >= 4 is 50.6 Å². The Kier molecular flexibility index (Phi) is 5.79. The molecule has 2 aromatic heterocycles. The van der Waals surface area contributed by atoms with Crippen LogP contribution in [0.25, 0.3) is 10.2 Å². The van der Waals surface area contributed by atoms with Crippen LogP contribution in [-0.2, 0) is 9.47 Å². The van der Waals surface area contributed by atoms with E-state index < -0.39 is 11.8 Å². The monoisotopic (exact) mass is 437 g/mol. The molecule has 10 heteroatoms. The molecule has 1 N–H and O–H groups in total. The van der Waals surface area contributed by atoms with Crippen molar-refractivity contribution in [1.82, 2.24) is 9.97 Å². The Labute approximate surface area is 174 Å². The Morgan fingerprint density at radius 1 is 1.31 bits per heavy atom. The number of esters is 1. The second-order valence-electron chi connectivity index (χ2n) is 6.36. The molecule has 0 spiro atoms. The zero-order chi connectivity index (χ0) is 20.4. The Hall–Kier alpha value is -2.49. The highest BCUT2D eigenvalue weighted by Crippen LogP contribution is 2.39. The maximum absolute atomic E-state index is 14.0. The Morgan fingerprint density at radius 3 is 2.86 bits per heavy atom. The number of nitrogens with zero attached hydrogens (tertiary/aromatic N) is 2. The summed E-state index contributed by atoms with van der Waals surface area (Å²) in [6, 6.07) is 4.13. The lowest BCUT2D eigenvalue weighted by Gasteiger charge is -2.25. The summed E-state index contributed by atoms with van der Waals surface area (Å²) in [5.74, 6) is -0.245. The van der Waals surface area contributed by atoms with Gasteiger partial charge in [-0.2, -0.15) is 0 Å². The van der Waals surface area contributed by atoms with Crippen LogP contribution in [-0.4, -0.2) is 42.4 Å². The Bertz CT molecular complexity index is 1060. The molecule has 1 fully saturated rings. The van der Waals surface area contributed by atoms with Crippen molar-refractivity contribution < 1.29 is 23.4 Å². The first-order chi connectivity index (χ1) is 14.0. The van der Waals surface area contributed by atoms with E-state index in [1.165, 1.54) is 36.9 Å². The smallest absolute Gasteiger partial charge is 0.348 e. The van der Waals surface area contributed by atoms with Crippen molar-refractivity contribution in [3.8, 4) is 5.75 Å². The number of nitrogens with one attached hydrogen (secondary N) is 1. The molecular formula is C19H17ClFN3O4S. The standard InChI is InChI=1S/C19H17ClFN3O4S/c1-26-19(25)15-8-12-17(22-9-23-18(12)29-15)24-16-13(20)6-10(21)7-14(16)28-11-2-4-27-5-3-11/h6-9,11H,2-5H2,1H3,(H,22,23,24). The SMILES string of the molecule is COC(=O)c1cc2c(Nc3c(Cl)cc(F)cc3OC3CCOCC3)ncnc2s1. The van der Waals surface area contributed by atoms with Gasteiger partial charge in [0, 0.05) is 18.9 Å². The minimum atomic E-state index is -0.501. The molecule has 3 heterocycles. The molecule has 0 atom stereocenters. The number of hydrogen-bond acceptors (Lipinski definition) is 8. The van der Waals surface area contributed by atoms with E-state index in [-0.39, 0.29) is 16.9 Å². The summed E-state index contributed by atoms with van der Waals surface area (Å²) in [6.07, 6.45) is 2.69. The van der Waals surface area contributed by atoms with E-state index >= 15 is 0 Å². The minimum Gasteiger partial charge on any atom is -0.488 e. The highest BCUT2D eigenvalue weighted by atomic mass is 35.5. The molecule has 7 nitrogen and oxygen atoms in total. The summed E-state index contributed by atoms with van der Waals surface area (Å²) in [7, 11) is 1.32. The van der Waals surface area contributed by atoms with E-state index in [1.54, 1.807) is 6.07 Å². The zero-order valence-corrected chi connectivity index (χ0v) is 17.0. The van der Waals surface area contributed by atoms with Crippen LogP contribution in [0.15, 0.2) is 24.5 Å². The topological polar surface area (TPSA) is 82.6 Å². The number of methoxy groups -OCH3 is 1. The van der Waals surface area contributed by atoms with Crippen LogP contribution in [0.4, 0.5) is 15.9 Å². The number of fused-ring (bicyclic) bond motifs is 1. The third-order valence-corrected chi connectivity index (χ3v) is 5.76. The molecule has 29 heavy (non-hydrogen) atoms. The van der Waals surface area contributed by atoms with E-state index in [2.05, 4.69) is 15.3 Å². The number of hydrogen-bond donors (Lipinski definition) is 1. The maximum atomic E-state index is 14.0. The van der Waals surface area contributed by atoms with E-state index in [0.29, 0.717) is 52.7 Å². The molecule has 152 valence electrons. The molecule has 1 aliphatic rings. The lowest BCUT2D eigenvalue weighted by molar-refractivity contribution is 0.0257. The minimum absolute atomic E-state index is 0.0975. The second kappa shape index (κ2) is 8.48. The lowest BCUT2D eigenvalue weighted by atomic mass is 10.1. The van der Waals surface area contributed by atoms with Crippen LogP contribution >= 0.6 is 22.9 Å². The van der Waals surface area contributed by atoms with Crippen LogP contribution in [0.1, 0.15) is 22.5 Å². The molecule has 1 aromatic carbocycles. The predicted octanol–water partition coefficient (Wildman–Crippen LogP) is 4.57. The van der Waals surface area contributed by atoms with Crippen LogP contribution in [0.3, 0.4) is 0 Å². The van der Waals surface area contributed by atoms with Crippen molar-refractivity contribution in [1.29, 1.82) is 0 Å². The van der Waals surface area contributed by atoms with Gasteiger partial charge in [-0.15, -0.1) is 11.3 Å². The average molecular weight is 438 g/mol. The van der Waals surface area contributed by atoms with Gasteiger partial charge in [0.05, 0.1) is 30.7 Å². The van der Waals surface area contributed by atoms with Crippen molar-refractivity contribution in [2.45, 2.75) is 18.9 Å². The maximum Gasteiger partial charge on any atom is 0.348 e. The average Bonchev–Trinajstić information content (AvgIpc) is 3.16. The van der Waals surface area contributed by atoms with Gasteiger partial charge in [0.1, 0.15) is 45.2 Å². The normalized spacial score (nSPS) is 14.7. The Morgan fingerprint density at radius 2 is 2.10 bits per heavy atom. The molecule has 0 unspecified atom stereocenters. The number of carbonyl (C=O) groups excluding carboxylic acids is 1. The summed E-state index contributed by atoms with van der Waals surface area (Å²) in [5, 5.41) is 3.89. The zero-order valence-electron chi connectivity index (χ0n) is 15.4. The largest absolute Gasteiger partial charge is 0.488 e. The van der Waals surface area contributed by atoms with Crippen molar-refractivity contribution in [2.24, 2.45) is 0 Å². The third-order valence-electron chi connectivity index (χ3n) is 4.44. The Balaban J connectivity index is 1.70. The van der Waals surface area contributed by atoms with E-state index in [0.717, 1.165) is 0 Å².